The van der Waals surface area contributed by atoms with Gasteiger partial charge in [0.15, 0.2) is 0 Å². The van der Waals surface area contributed by atoms with Crippen LogP contribution >= 0.6 is 0 Å². The smallest absolute Gasteiger partial charge is 0.335 e. The van der Waals surface area contributed by atoms with Crippen molar-refractivity contribution in [2.24, 2.45) is 11.3 Å². The lowest BCUT2D eigenvalue weighted by molar-refractivity contribution is -0.126. The van der Waals surface area contributed by atoms with Crippen LogP contribution in [-0.4, -0.2) is 22.9 Å². The van der Waals surface area contributed by atoms with E-state index in [0.717, 1.165) is 4.90 Å². The standard InChI is InChI=1S/C15H17NO4/c1-9(2)15(3)8-12(17)16(14(15)20)11-6-4-5-10(7-11)13(18)19/h4-7,9H,8H2,1-3H3,(H,18,19). The summed E-state index contributed by atoms with van der Waals surface area (Å²) in [6, 6.07) is 5.89. The number of benzene rings is 1. The lowest BCUT2D eigenvalue weighted by atomic mass is 9.78. The fourth-order valence-electron chi connectivity index (χ4n) is 2.33. The van der Waals surface area contributed by atoms with E-state index < -0.39 is 11.4 Å². The lowest BCUT2D eigenvalue weighted by Crippen LogP contribution is -2.37. The number of imide groups is 1. The second-order valence-corrected chi connectivity index (χ2v) is 5.64. The van der Waals surface area contributed by atoms with Crippen LogP contribution in [0.1, 0.15) is 37.6 Å². The summed E-state index contributed by atoms with van der Waals surface area (Å²) in [7, 11) is 0. The summed E-state index contributed by atoms with van der Waals surface area (Å²) in [5.74, 6) is -1.60. The third-order valence-electron chi connectivity index (χ3n) is 4.09. The molecule has 2 amide bonds. The molecule has 5 nitrogen and oxygen atoms in total. The molecule has 1 N–H and O–H groups in total. The zero-order valence-electron chi connectivity index (χ0n) is 11.7. The number of carbonyl (C=O) groups excluding carboxylic acids is 2. The van der Waals surface area contributed by atoms with Crippen LogP contribution in [0.25, 0.3) is 0 Å². The van der Waals surface area contributed by atoms with Gasteiger partial charge in [-0.3, -0.25) is 14.5 Å². The first-order valence-electron chi connectivity index (χ1n) is 6.48. The molecule has 20 heavy (non-hydrogen) atoms. The Balaban J connectivity index is 2.43. The van der Waals surface area contributed by atoms with E-state index in [-0.39, 0.29) is 29.7 Å². The monoisotopic (exact) mass is 275 g/mol. The summed E-state index contributed by atoms with van der Waals surface area (Å²) in [6.07, 6.45) is 0.154. The Morgan fingerprint density at radius 1 is 1.35 bits per heavy atom. The highest BCUT2D eigenvalue weighted by atomic mass is 16.4. The Bertz CT molecular complexity index is 593. The van der Waals surface area contributed by atoms with Crippen LogP contribution in [0.3, 0.4) is 0 Å². The molecule has 1 fully saturated rings. The van der Waals surface area contributed by atoms with Gasteiger partial charge >= 0.3 is 5.97 Å². The van der Waals surface area contributed by atoms with Gasteiger partial charge < -0.3 is 5.11 Å². The van der Waals surface area contributed by atoms with E-state index >= 15 is 0 Å². The number of carboxylic acid groups (broad SMARTS) is 1. The van der Waals surface area contributed by atoms with Crippen LogP contribution in [0.15, 0.2) is 24.3 Å². The van der Waals surface area contributed by atoms with Gasteiger partial charge in [0.25, 0.3) is 0 Å². The van der Waals surface area contributed by atoms with Gasteiger partial charge in [-0.1, -0.05) is 19.9 Å². The first kappa shape index (κ1) is 14.2. The van der Waals surface area contributed by atoms with Gasteiger partial charge in [0.2, 0.25) is 11.8 Å². The van der Waals surface area contributed by atoms with Crippen molar-refractivity contribution < 1.29 is 19.5 Å². The normalized spacial score (nSPS) is 22.7. The molecular weight excluding hydrogens is 258 g/mol. The molecule has 5 heteroatoms. The SMILES string of the molecule is CC(C)C1(C)CC(=O)N(c2cccc(C(=O)O)c2)C1=O. The number of hydrogen-bond donors (Lipinski definition) is 1. The van der Waals surface area contributed by atoms with Gasteiger partial charge in [-0.15, -0.1) is 0 Å². The van der Waals surface area contributed by atoms with Crippen LogP contribution in [0.4, 0.5) is 5.69 Å². The van der Waals surface area contributed by atoms with E-state index in [2.05, 4.69) is 0 Å². The second kappa shape index (κ2) is 4.74. The fraction of sp³-hybridized carbons (Fsp3) is 0.400. The maximum Gasteiger partial charge on any atom is 0.335 e. The molecule has 1 saturated heterocycles. The number of carboxylic acids is 1. The molecule has 0 saturated carbocycles. The minimum absolute atomic E-state index is 0.0339. The molecule has 1 heterocycles. The number of amides is 2. The molecule has 1 atom stereocenters. The van der Waals surface area contributed by atoms with Crippen LogP contribution in [0.2, 0.25) is 0 Å². The van der Waals surface area contributed by atoms with Gasteiger partial charge in [-0.05, 0) is 31.0 Å². The summed E-state index contributed by atoms with van der Waals surface area (Å²) in [5.41, 5.74) is -0.346. The first-order valence-corrected chi connectivity index (χ1v) is 6.48. The minimum atomic E-state index is -1.09. The molecule has 0 bridgehead atoms. The molecule has 2 rings (SSSR count). The number of anilines is 1. The van der Waals surface area contributed by atoms with E-state index in [1.807, 2.05) is 13.8 Å². The van der Waals surface area contributed by atoms with Crippen molar-refractivity contribution in [3.05, 3.63) is 29.8 Å². The van der Waals surface area contributed by atoms with Gasteiger partial charge in [0.1, 0.15) is 0 Å². The predicted molar refractivity (Wildman–Crippen MR) is 73.5 cm³/mol. The highest BCUT2D eigenvalue weighted by Gasteiger charge is 2.50. The van der Waals surface area contributed by atoms with E-state index in [0.29, 0.717) is 5.69 Å². The highest BCUT2D eigenvalue weighted by molar-refractivity contribution is 6.22. The van der Waals surface area contributed by atoms with Gasteiger partial charge in [0, 0.05) is 6.42 Å². The van der Waals surface area contributed by atoms with E-state index in [1.165, 1.54) is 18.2 Å². The van der Waals surface area contributed by atoms with Gasteiger partial charge in [-0.25, -0.2) is 4.79 Å². The average molecular weight is 275 g/mol. The predicted octanol–water partition coefficient (Wildman–Crippen LogP) is 2.31. The fourth-order valence-corrected chi connectivity index (χ4v) is 2.33. The minimum Gasteiger partial charge on any atom is -0.478 e. The Kier molecular flexibility index (Phi) is 3.38. The number of hydrogen-bond acceptors (Lipinski definition) is 3. The van der Waals surface area contributed by atoms with Gasteiger partial charge in [0.05, 0.1) is 16.7 Å². The van der Waals surface area contributed by atoms with Crippen molar-refractivity contribution in [1.29, 1.82) is 0 Å². The number of carbonyl (C=O) groups is 3. The summed E-state index contributed by atoms with van der Waals surface area (Å²) >= 11 is 0. The molecule has 1 aliphatic rings. The van der Waals surface area contributed by atoms with Crippen molar-refractivity contribution in [1.82, 2.24) is 0 Å². The number of rotatable bonds is 3. The Labute approximate surface area is 117 Å². The van der Waals surface area contributed by atoms with Crippen LogP contribution in [0.5, 0.6) is 0 Å². The number of nitrogens with zero attached hydrogens (tertiary/aromatic N) is 1. The largest absolute Gasteiger partial charge is 0.478 e. The quantitative estimate of drug-likeness (QED) is 0.859. The van der Waals surface area contributed by atoms with Crippen LogP contribution in [0, 0.1) is 11.3 Å². The molecular formula is C15H17NO4. The van der Waals surface area contributed by atoms with Crippen molar-refractivity contribution in [2.45, 2.75) is 27.2 Å². The van der Waals surface area contributed by atoms with Gasteiger partial charge in [-0.2, -0.15) is 0 Å². The van der Waals surface area contributed by atoms with Crippen molar-refractivity contribution in [3.8, 4) is 0 Å². The van der Waals surface area contributed by atoms with E-state index in [9.17, 15) is 14.4 Å². The molecule has 1 aromatic rings. The van der Waals surface area contributed by atoms with E-state index in [1.54, 1.807) is 13.0 Å². The van der Waals surface area contributed by atoms with Crippen molar-refractivity contribution >= 4 is 23.5 Å². The number of aromatic carboxylic acids is 1. The van der Waals surface area contributed by atoms with Crippen LogP contribution in [-0.2, 0) is 9.59 Å². The molecule has 106 valence electrons. The molecule has 0 aromatic heterocycles. The van der Waals surface area contributed by atoms with Crippen molar-refractivity contribution in [2.75, 3.05) is 4.90 Å². The van der Waals surface area contributed by atoms with Crippen molar-refractivity contribution in [3.63, 3.8) is 0 Å². The summed E-state index contributed by atoms with van der Waals surface area (Å²) in [5, 5.41) is 8.99. The maximum absolute atomic E-state index is 12.5. The summed E-state index contributed by atoms with van der Waals surface area (Å²) in [6.45, 7) is 5.59. The third-order valence-corrected chi connectivity index (χ3v) is 4.09. The van der Waals surface area contributed by atoms with Crippen LogP contribution < -0.4 is 4.90 Å². The first-order chi connectivity index (χ1) is 9.27. The second-order valence-electron chi connectivity index (χ2n) is 5.64. The zero-order chi connectivity index (χ0) is 15.1. The Morgan fingerprint density at radius 3 is 2.50 bits per heavy atom. The summed E-state index contributed by atoms with van der Waals surface area (Å²) in [4.78, 5) is 36.7. The van der Waals surface area contributed by atoms with E-state index in [4.69, 9.17) is 5.11 Å². The Hall–Kier alpha value is -2.17. The molecule has 0 aliphatic carbocycles. The zero-order valence-corrected chi connectivity index (χ0v) is 11.7. The molecule has 1 aromatic carbocycles. The Morgan fingerprint density at radius 2 is 2.00 bits per heavy atom. The highest BCUT2D eigenvalue weighted by Crippen LogP contribution is 2.41. The maximum atomic E-state index is 12.5. The molecule has 1 unspecified atom stereocenters. The third kappa shape index (κ3) is 2.09. The average Bonchev–Trinajstić information content (AvgIpc) is 2.61. The molecule has 0 spiro atoms. The molecule has 0 radical (unpaired) electrons. The lowest BCUT2D eigenvalue weighted by Gasteiger charge is -2.26. The summed E-state index contributed by atoms with van der Waals surface area (Å²) < 4.78 is 0. The molecule has 1 aliphatic heterocycles. The topological polar surface area (TPSA) is 74.7 Å².